The van der Waals surface area contributed by atoms with E-state index < -0.39 is 0 Å². The van der Waals surface area contributed by atoms with Crippen LogP contribution in [0.4, 0.5) is 0 Å². The monoisotopic (exact) mass is 368 g/mol. The summed E-state index contributed by atoms with van der Waals surface area (Å²) in [6.07, 6.45) is 0.845. The lowest BCUT2D eigenvalue weighted by Gasteiger charge is -2.39. The van der Waals surface area contributed by atoms with Gasteiger partial charge in [-0.3, -0.25) is 9.79 Å². The van der Waals surface area contributed by atoms with Gasteiger partial charge in [-0.25, -0.2) is 0 Å². The molecular weight excluding hydrogens is 340 g/mol. The van der Waals surface area contributed by atoms with Crippen molar-refractivity contribution in [2.24, 2.45) is 4.99 Å². The molecule has 0 bridgehead atoms. The van der Waals surface area contributed by atoms with E-state index in [1.54, 1.807) is 0 Å². The number of guanidine groups is 1. The summed E-state index contributed by atoms with van der Waals surface area (Å²) in [6.45, 7) is 11.0. The normalized spacial score (nSPS) is 17.6. The van der Waals surface area contributed by atoms with E-state index in [-0.39, 0.29) is 10.7 Å². The first-order chi connectivity index (χ1) is 11.5. The Labute approximate surface area is 153 Å². The Kier molecular flexibility index (Phi) is 7.42. The highest BCUT2D eigenvalue weighted by Gasteiger charge is 2.28. The number of hydrogen-bond donors (Lipinski definition) is 2. The van der Waals surface area contributed by atoms with Crippen LogP contribution in [0.25, 0.3) is 0 Å². The van der Waals surface area contributed by atoms with Crippen LogP contribution in [0.1, 0.15) is 36.9 Å². The largest absolute Gasteiger partial charge is 0.357 e. The Morgan fingerprint density at radius 3 is 2.92 bits per heavy atom. The first-order valence-electron chi connectivity index (χ1n) is 8.51. The summed E-state index contributed by atoms with van der Waals surface area (Å²) in [7, 11) is 0. The second-order valence-corrected chi connectivity index (χ2v) is 9.10. The lowest BCUT2D eigenvalue weighted by atomic mass is 10.2. The van der Waals surface area contributed by atoms with Crippen molar-refractivity contribution in [3.8, 4) is 0 Å². The van der Waals surface area contributed by atoms with Crippen molar-refractivity contribution >= 4 is 35.0 Å². The zero-order valence-electron chi connectivity index (χ0n) is 14.8. The molecule has 134 valence electrons. The van der Waals surface area contributed by atoms with E-state index >= 15 is 0 Å². The van der Waals surface area contributed by atoms with Gasteiger partial charge in [-0.05, 0) is 38.6 Å². The summed E-state index contributed by atoms with van der Waals surface area (Å²) in [4.78, 5) is 19.7. The van der Waals surface area contributed by atoms with Gasteiger partial charge < -0.3 is 15.5 Å². The molecule has 1 aromatic heterocycles. The number of amides is 1. The van der Waals surface area contributed by atoms with E-state index in [9.17, 15) is 4.79 Å². The number of nitrogens with one attached hydrogen (secondary N) is 2. The molecule has 1 aliphatic heterocycles. The predicted octanol–water partition coefficient (Wildman–Crippen LogP) is 2.66. The van der Waals surface area contributed by atoms with Crippen molar-refractivity contribution < 1.29 is 4.79 Å². The van der Waals surface area contributed by atoms with Gasteiger partial charge in [-0.2, -0.15) is 11.8 Å². The quantitative estimate of drug-likeness (QED) is 0.460. The number of thiophene rings is 1. The Hall–Kier alpha value is -1.21. The Morgan fingerprint density at radius 1 is 1.42 bits per heavy atom. The Morgan fingerprint density at radius 2 is 2.25 bits per heavy atom. The fraction of sp³-hybridized carbons (Fsp3) is 0.647. The highest BCUT2D eigenvalue weighted by molar-refractivity contribution is 8.00. The third kappa shape index (κ3) is 6.02. The van der Waals surface area contributed by atoms with Crippen LogP contribution in [0.5, 0.6) is 0 Å². The van der Waals surface area contributed by atoms with Crippen LogP contribution in [0.15, 0.2) is 22.5 Å². The second kappa shape index (κ2) is 9.32. The van der Waals surface area contributed by atoms with Gasteiger partial charge in [-0.1, -0.05) is 6.07 Å². The predicted molar refractivity (Wildman–Crippen MR) is 105 cm³/mol. The molecule has 1 aromatic rings. The van der Waals surface area contributed by atoms with Gasteiger partial charge >= 0.3 is 0 Å². The number of carbonyl (C=O) groups excluding carboxylic acids is 1. The van der Waals surface area contributed by atoms with Crippen LogP contribution in [-0.4, -0.2) is 60.0 Å². The van der Waals surface area contributed by atoms with Crippen LogP contribution in [0.2, 0.25) is 0 Å². The van der Waals surface area contributed by atoms with E-state index in [2.05, 4.69) is 36.3 Å². The minimum absolute atomic E-state index is 0.00990. The maximum absolute atomic E-state index is 11.9. The minimum atomic E-state index is 0.00990. The Bertz CT molecular complexity index is 543. The van der Waals surface area contributed by atoms with Crippen LogP contribution >= 0.6 is 23.1 Å². The molecule has 24 heavy (non-hydrogen) atoms. The van der Waals surface area contributed by atoms with E-state index in [0.29, 0.717) is 6.54 Å². The number of nitrogens with zero attached hydrogens (tertiary/aromatic N) is 2. The molecule has 5 nitrogen and oxygen atoms in total. The molecule has 0 aromatic carbocycles. The molecule has 1 amide bonds. The van der Waals surface area contributed by atoms with Crippen molar-refractivity contribution in [1.29, 1.82) is 0 Å². The summed E-state index contributed by atoms with van der Waals surface area (Å²) < 4.78 is 0.267. The van der Waals surface area contributed by atoms with Crippen LogP contribution in [0, 0.1) is 0 Å². The maximum atomic E-state index is 11.9. The molecule has 0 saturated carbocycles. The lowest BCUT2D eigenvalue weighted by molar-refractivity contribution is 0.0957. The topological polar surface area (TPSA) is 56.7 Å². The van der Waals surface area contributed by atoms with Gasteiger partial charge in [0.25, 0.3) is 5.91 Å². The molecule has 1 saturated heterocycles. The fourth-order valence-corrected chi connectivity index (χ4v) is 4.34. The standard InChI is InChI=1S/C17H28N4OS2/c1-4-18-16(21-10-12-24-17(2,3)13-21)20-9-6-8-19-15(22)14-7-5-11-23-14/h5,7,11H,4,6,8-10,12-13H2,1-3H3,(H,18,20)(H,19,22). The molecule has 2 heterocycles. The van der Waals surface area contributed by atoms with Gasteiger partial charge in [0.2, 0.25) is 0 Å². The van der Waals surface area contributed by atoms with Gasteiger partial charge in [-0.15, -0.1) is 11.3 Å². The molecule has 1 fully saturated rings. The van der Waals surface area contributed by atoms with E-state index in [0.717, 1.165) is 49.2 Å². The van der Waals surface area contributed by atoms with E-state index in [4.69, 9.17) is 4.99 Å². The smallest absolute Gasteiger partial charge is 0.261 e. The van der Waals surface area contributed by atoms with Crippen LogP contribution in [-0.2, 0) is 0 Å². The zero-order chi connectivity index (χ0) is 17.4. The Balaban J connectivity index is 1.77. The third-order valence-corrected chi connectivity index (χ3v) is 5.85. The van der Waals surface area contributed by atoms with Crippen LogP contribution in [0.3, 0.4) is 0 Å². The summed E-state index contributed by atoms with van der Waals surface area (Å²) in [6, 6.07) is 3.74. The first kappa shape index (κ1) is 19.1. The molecule has 0 atom stereocenters. The number of rotatable bonds is 6. The van der Waals surface area contributed by atoms with Gasteiger partial charge in [0, 0.05) is 43.2 Å². The van der Waals surface area contributed by atoms with Crippen LogP contribution < -0.4 is 10.6 Å². The van der Waals surface area contributed by atoms with Gasteiger partial charge in [0.15, 0.2) is 5.96 Å². The number of carbonyl (C=O) groups is 1. The summed E-state index contributed by atoms with van der Waals surface area (Å²) in [5, 5.41) is 8.26. The van der Waals surface area contributed by atoms with Crippen molar-refractivity contribution in [1.82, 2.24) is 15.5 Å². The van der Waals surface area contributed by atoms with Crippen molar-refractivity contribution in [2.45, 2.75) is 31.9 Å². The second-order valence-electron chi connectivity index (χ2n) is 6.35. The molecule has 0 aliphatic carbocycles. The van der Waals surface area contributed by atoms with E-state index in [1.807, 2.05) is 29.3 Å². The zero-order valence-corrected chi connectivity index (χ0v) is 16.4. The average Bonchev–Trinajstić information content (AvgIpc) is 3.07. The van der Waals surface area contributed by atoms with E-state index in [1.165, 1.54) is 11.3 Å². The van der Waals surface area contributed by atoms with Crippen molar-refractivity contribution in [3.05, 3.63) is 22.4 Å². The molecule has 0 radical (unpaired) electrons. The molecule has 2 N–H and O–H groups in total. The third-order valence-electron chi connectivity index (χ3n) is 3.69. The highest BCUT2D eigenvalue weighted by atomic mass is 32.2. The summed E-state index contributed by atoms with van der Waals surface area (Å²) in [5.74, 6) is 2.14. The maximum Gasteiger partial charge on any atom is 0.261 e. The fourth-order valence-electron chi connectivity index (χ4n) is 2.58. The van der Waals surface area contributed by atoms with Crippen molar-refractivity contribution in [2.75, 3.05) is 38.5 Å². The SMILES string of the molecule is CCNC(=NCCCNC(=O)c1cccs1)N1CCSC(C)(C)C1. The summed E-state index contributed by atoms with van der Waals surface area (Å²) >= 11 is 3.49. The first-order valence-corrected chi connectivity index (χ1v) is 10.4. The molecule has 0 unspecified atom stereocenters. The molecule has 7 heteroatoms. The molecule has 1 aliphatic rings. The van der Waals surface area contributed by atoms with Gasteiger partial charge in [0.05, 0.1) is 4.88 Å². The molecular formula is C17H28N4OS2. The van der Waals surface area contributed by atoms with Crippen molar-refractivity contribution in [3.63, 3.8) is 0 Å². The lowest BCUT2D eigenvalue weighted by Crippen LogP contribution is -2.51. The number of thioether (sulfide) groups is 1. The highest BCUT2D eigenvalue weighted by Crippen LogP contribution is 2.29. The number of hydrogen-bond acceptors (Lipinski definition) is 4. The summed E-state index contributed by atoms with van der Waals surface area (Å²) in [5.41, 5.74) is 0. The minimum Gasteiger partial charge on any atom is -0.357 e. The van der Waals surface area contributed by atoms with Gasteiger partial charge in [0.1, 0.15) is 0 Å². The molecule has 0 spiro atoms. The average molecular weight is 369 g/mol. The molecule has 2 rings (SSSR count). The number of aliphatic imine (C=N–C) groups is 1.